The maximum atomic E-state index is 4.56. The second-order valence-electron chi connectivity index (χ2n) is 5.45. The molecule has 3 heterocycles. The van der Waals surface area contributed by atoms with Crippen molar-refractivity contribution in [3.05, 3.63) is 60.9 Å². The van der Waals surface area contributed by atoms with E-state index < -0.39 is 0 Å². The summed E-state index contributed by atoms with van der Waals surface area (Å²) in [5.41, 5.74) is 2.53. The van der Waals surface area contributed by atoms with Crippen molar-refractivity contribution in [1.82, 2.24) is 24.9 Å². The van der Waals surface area contributed by atoms with Gasteiger partial charge in [-0.3, -0.25) is 4.99 Å². The van der Waals surface area contributed by atoms with Crippen LogP contribution in [0.3, 0.4) is 0 Å². The van der Waals surface area contributed by atoms with Crippen molar-refractivity contribution in [2.75, 3.05) is 17.7 Å². The zero-order valence-corrected chi connectivity index (χ0v) is 15.2. The van der Waals surface area contributed by atoms with E-state index in [1.165, 1.54) is 0 Å². The van der Waals surface area contributed by atoms with Crippen LogP contribution in [0.25, 0.3) is 10.6 Å². The molecule has 3 N–H and O–H groups in total. The normalized spacial score (nSPS) is 11.0. The van der Waals surface area contributed by atoms with Crippen molar-refractivity contribution in [2.45, 2.75) is 0 Å². The average molecular weight is 376 g/mol. The molecule has 0 aliphatic rings. The van der Waals surface area contributed by atoms with Crippen LogP contribution in [0.5, 0.6) is 0 Å². The number of nitrogens with one attached hydrogen (secondary N) is 3. The Morgan fingerprint density at radius 1 is 1.07 bits per heavy atom. The van der Waals surface area contributed by atoms with Gasteiger partial charge >= 0.3 is 0 Å². The highest BCUT2D eigenvalue weighted by Crippen LogP contribution is 2.28. The lowest BCUT2D eigenvalue weighted by molar-refractivity contribution is 1.17. The fraction of sp³-hybridized carbons (Fsp3) is 0.0556. The summed E-state index contributed by atoms with van der Waals surface area (Å²) in [6.45, 7) is 0. The lowest BCUT2D eigenvalue weighted by Crippen LogP contribution is -1.97. The molecule has 27 heavy (non-hydrogen) atoms. The number of hydrogen-bond donors (Lipinski definition) is 3. The first-order valence-electron chi connectivity index (χ1n) is 8.18. The maximum absolute atomic E-state index is 4.56. The third-order valence-corrected chi connectivity index (χ3v) is 4.64. The van der Waals surface area contributed by atoms with Gasteiger partial charge in [-0.2, -0.15) is 0 Å². The minimum atomic E-state index is 0.527. The summed E-state index contributed by atoms with van der Waals surface area (Å²) in [6, 6.07) is 9.54. The smallest absolute Gasteiger partial charge is 0.227 e. The number of hydrogen-bond acceptors (Lipinski definition) is 8. The quantitative estimate of drug-likeness (QED) is 0.442. The van der Waals surface area contributed by atoms with Crippen LogP contribution in [0.2, 0.25) is 0 Å². The first-order valence-corrected chi connectivity index (χ1v) is 8.99. The molecule has 4 aromatic rings. The van der Waals surface area contributed by atoms with E-state index >= 15 is 0 Å². The molecular formula is C18H16N8S. The number of imidazole rings is 1. The molecule has 0 spiro atoms. The third-order valence-electron chi connectivity index (χ3n) is 3.61. The topological polar surface area (TPSA) is 104 Å². The lowest BCUT2D eigenvalue weighted by Gasteiger charge is -2.06. The molecule has 4 rings (SSSR count). The van der Waals surface area contributed by atoms with E-state index in [-0.39, 0.29) is 0 Å². The minimum Gasteiger partial charge on any atom is -0.365 e. The van der Waals surface area contributed by atoms with E-state index in [1.807, 2.05) is 37.4 Å². The predicted octanol–water partition coefficient (Wildman–Crippen LogP) is 3.86. The molecule has 9 heteroatoms. The average Bonchev–Trinajstić information content (AvgIpc) is 3.40. The third kappa shape index (κ3) is 4.15. The number of H-pyrrole nitrogens is 1. The number of nitrogens with zero attached hydrogens (tertiary/aromatic N) is 5. The van der Waals surface area contributed by atoms with E-state index in [2.05, 4.69) is 40.5 Å². The van der Waals surface area contributed by atoms with Crippen LogP contribution < -0.4 is 10.6 Å². The van der Waals surface area contributed by atoms with E-state index in [0.29, 0.717) is 11.8 Å². The molecule has 0 radical (unpaired) electrons. The van der Waals surface area contributed by atoms with Crippen molar-refractivity contribution in [2.24, 2.45) is 4.99 Å². The largest absolute Gasteiger partial charge is 0.365 e. The monoisotopic (exact) mass is 376 g/mol. The van der Waals surface area contributed by atoms with E-state index in [1.54, 1.807) is 42.3 Å². The molecule has 0 atom stereocenters. The molecule has 8 nitrogen and oxygen atoms in total. The van der Waals surface area contributed by atoms with Gasteiger partial charge in [0.25, 0.3) is 0 Å². The summed E-state index contributed by atoms with van der Waals surface area (Å²) in [4.78, 5) is 25.6. The number of rotatable bonds is 6. The molecule has 0 fully saturated rings. The van der Waals surface area contributed by atoms with E-state index in [4.69, 9.17) is 0 Å². The van der Waals surface area contributed by atoms with Gasteiger partial charge in [-0.05, 0) is 30.3 Å². The summed E-state index contributed by atoms with van der Waals surface area (Å²) < 4.78 is 0. The Morgan fingerprint density at radius 3 is 2.70 bits per heavy atom. The fourth-order valence-electron chi connectivity index (χ4n) is 2.31. The van der Waals surface area contributed by atoms with Crippen LogP contribution in [0.4, 0.5) is 22.5 Å². The molecule has 0 saturated heterocycles. The molecule has 0 aliphatic carbocycles. The van der Waals surface area contributed by atoms with E-state index in [9.17, 15) is 0 Å². The van der Waals surface area contributed by atoms with Crippen LogP contribution in [0.1, 0.15) is 5.82 Å². The Labute approximate surface area is 159 Å². The Hall–Kier alpha value is -3.59. The van der Waals surface area contributed by atoms with Gasteiger partial charge in [-0.1, -0.05) is 11.3 Å². The number of anilines is 3. The summed E-state index contributed by atoms with van der Waals surface area (Å²) >= 11 is 1.54. The van der Waals surface area contributed by atoms with Crippen LogP contribution in [0.15, 0.2) is 60.1 Å². The van der Waals surface area contributed by atoms with Gasteiger partial charge in [0.15, 0.2) is 5.13 Å². The van der Waals surface area contributed by atoms with Crippen LogP contribution in [-0.2, 0) is 0 Å². The van der Waals surface area contributed by atoms with Crippen molar-refractivity contribution in [1.29, 1.82) is 0 Å². The van der Waals surface area contributed by atoms with Crippen molar-refractivity contribution in [3.8, 4) is 10.6 Å². The van der Waals surface area contributed by atoms with Crippen molar-refractivity contribution < 1.29 is 0 Å². The molecule has 0 amide bonds. The number of aliphatic imine (C=N–C) groups is 1. The molecule has 0 aliphatic heterocycles. The molecule has 0 saturated carbocycles. The number of aromatic amines is 1. The highest BCUT2D eigenvalue weighted by atomic mass is 32.1. The first kappa shape index (κ1) is 16.9. The Balaban J connectivity index is 1.46. The van der Waals surface area contributed by atoms with Gasteiger partial charge < -0.3 is 15.6 Å². The highest BCUT2D eigenvalue weighted by Gasteiger charge is 2.07. The first-order chi connectivity index (χ1) is 13.3. The molecule has 1 aromatic carbocycles. The number of thiazole rings is 1. The summed E-state index contributed by atoms with van der Waals surface area (Å²) in [5.74, 6) is 1.24. The maximum Gasteiger partial charge on any atom is 0.227 e. The summed E-state index contributed by atoms with van der Waals surface area (Å²) in [7, 11) is 1.85. The minimum absolute atomic E-state index is 0.527. The van der Waals surface area contributed by atoms with Crippen molar-refractivity contribution >= 4 is 40.0 Å². The second-order valence-corrected chi connectivity index (χ2v) is 6.48. The van der Waals surface area contributed by atoms with Gasteiger partial charge in [-0.15, -0.1) is 0 Å². The van der Waals surface area contributed by atoms with Gasteiger partial charge in [-0.25, -0.2) is 19.9 Å². The van der Waals surface area contributed by atoms with Crippen LogP contribution in [-0.4, -0.2) is 38.2 Å². The predicted molar refractivity (Wildman–Crippen MR) is 108 cm³/mol. The van der Waals surface area contributed by atoms with Crippen LogP contribution >= 0.6 is 11.3 Å². The van der Waals surface area contributed by atoms with Crippen LogP contribution in [0, 0.1) is 0 Å². The van der Waals surface area contributed by atoms with Gasteiger partial charge in [0.05, 0.1) is 22.5 Å². The Bertz CT molecular complexity index is 1040. The number of benzene rings is 1. The zero-order valence-electron chi connectivity index (χ0n) is 14.4. The molecular weight excluding hydrogens is 360 g/mol. The molecule has 0 unspecified atom stereocenters. The lowest BCUT2D eigenvalue weighted by atomic mass is 10.3. The number of aromatic nitrogens is 5. The van der Waals surface area contributed by atoms with Gasteiger partial charge in [0.1, 0.15) is 5.82 Å². The van der Waals surface area contributed by atoms with E-state index in [0.717, 1.165) is 27.1 Å². The fourth-order valence-corrected chi connectivity index (χ4v) is 3.05. The highest BCUT2D eigenvalue weighted by molar-refractivity contribution is 7.18. The molecule has 3 aromatic heterocycles. The SMILES string of the molecule is CNc1ncc(-c2ccnc(Nc3ccc(N=Cc4ncc[nH]4)cc3)n2)s1. The molecule has 134 valence electrons. The van der Waals surface area contributed by atoms with Crippen molar-refractivity contribution in [3.63, 3.8) is 0 Å². The summed E-state index contributed by atoms with van der Waals surface area (Å²) in [6.07, 6.45) is 8.66. The zero-order chi connectivity index (χ0) is 18.5. The van der Waals surface area contributed by atoms with Gasteiger partial charge in [0, 0.05) is 37.5 Å². The standard InChI is InChI=1S/C18H16N8S/c1-19-18-24-10-15(27-18)14-6-7-22-17(26-14)25-13-4-2-12(3-5-13)23-11-16-20-8-9-21-16/h2-11H,1H3,(H,19,24)(H,20,21)(H,22,25,26). The summed E-state index contributed by atoms with van der Waals surface area (Å²) in [5, 5.41) is 7.09. The molecule has 0 bridgehead atoms. The Morgan fingerprint density at radius 2 is 1.96 bits per heavy atom. The van der Waals surface area contributed by atoms with Gasteiger partial charge in [0.2, 0.25) is 5.95 Å². The second kappa shape index (κ2) is 7.75. The Kier molecular flexibility index (Phi) is 4.84.